The summed E-state index contributed by atoms with van der Waals surface area (Å²) in [5.41, 5.74) is 0. The standard InChI is InChI=1S/C7H11N3O2S/c8-13(11,12)5-7-9-3-4-10(7)6-1-2-6/h3-4,6H,1-2,5H2,(H2,8,11,12). The highest BCUT2D eigenvalue weighted by Crippen LogP contribution is 2.35. The number of nitrogens with two attached hydrogens (primary N) is 1. The van der Waals surface area contributed by atoms with Crippen LogP contribution in [0.1, 0.15) is 24.7 Å². The zero-order valence-electron chi connectivity index (χ0n) is 7.05. The van der Waals surface area contributed by atoms with Crippen molar-refractivity contribution in [2.45, 2.75) is 24.6 Å². The molecule has 1 aliphatic carbocycles. The van der Waals surface area contributed by atoms with Crippen LogP contribution >= 0.6 is 0 Å². The van der Waals surface area contributed by atoms with Crippen LogP contribution in [0, 0.1) is 0 Å². The van der Waals surface area contributed by atoms with Crippen molar-refractivity contribution in [2.24, 2.45) is 5.14 Å². The first-order valence-electron chi connectivity index (χ1n) is 4.08. The molecule has 0 bridgehead atoms. The minimum atomic E-state index is -3.46. The highest BCUT2D eigenvalue weighted by atomic mass is 32.2. The van der Waals surface area contributed by atoms with Crippen molar-refractivity contribution in [1.82, 2.24) is 9.55 Å². The van der Waals surface area contributed by atoms with E-state index in [0.29, 0.717) is 11.9 Å². The second-order valence-electron chi connectivity index (χ2n) is 3.29. The molecule has 0 radical (unpaired) electrons. The van der Waals surface area contributed by atoms with Crippen LogP contribution in [0.5, 0.6) is 0 Å². The first-order chi connectivity index (χ1) is 6.06. The van der Waals surface area contributed by atoms with E-state index in [0.717, 1.165) is 12.8 Å². The van der Waals surface area contributed by atoms with E-state index in [1.54, 1.807) is 12.4 Å². The topological polar surface area (TPSA) is 78.0 Å². The van der Waals surface area contributed by atoms with Gasteiger partial charge in [0.25, 0.3) is 0 Å². The van der Waals surface area contributed by atoms with Crippen LogP contribution in [0.15, 0.2) is 12.4 Å². The summed E-state index contributed by atoms with van der Waals surface area (Å²) >= 11 is 0. The number of nitrogens with zero attached hydrogens (tertiary/aromatic N) is 2. The summed E-state index contributed by atoms with van der Waals surface area (Å²) in [6.07, 6.45) is 5.62. The highest BCUT2D eigenvalue weighted by Gasteiger charge is 2.26. The van der Waals surface area contributed by atoms with E-state index in [1.165, 1.54) is 0 Å². The summed E-state index contributed by atoms with van der Waals surface area (Å²) in [5.74, 6) is 0.376. The Morgan fingerprint density at radius 3 is 2.85 bits per heavy atom. The molecule has 1 aromatic heterocycles. The summed E-state index contributed by atoms with van der Waals surface area (Å²) in [6, 6.07) is 0.444. The Balaban J connectivity index is 2.24. The lowest BCUT2D eigenvalue weighted by Gasteiger charge is -2.03. The molecular formula is C7H11N3O2S. The van der Waals surface area contributed by atoms with Gasteiger partial charge in [-0.25, -0.2) is 18.5 Å². The molecule has 0 aliphatic heterocycles. The quantitative estimate of drug-likeness (QED) is 0.748. The summed E-state index contributed by atoms with van der Waals surface area (Å²) in [7, 11) is -3.46. The monoisotopic (exact) mass is 201 g/mol. The van der Waals surface area contributed by atoms with Crippen molar-refractivity contribution in [3.8, 4) is 0 Å². The number of sulfonamides is 1. The van der Waals surface area contributed by atoms with Gasteiger partial charge in [0.2, 0.25) is 10.0 Å². The van der Waals surface area contributed by atoms with Gasteiger partial charge in [-0.1, -0.05) is 0 Å². The maximum Gasteiger partial charge on any atom is 0.216 e. The average Bonchev–Trinajstić information content (AvgIpc) is 2.72. The van der Waals surface area contributed by atoms with Gasteiger partial charge >= 0.3 is 0 Å². The Labute approximate surface area is 76.6 Å². The summed E-state index contributed by atoms with van der Waals surface area (Å²) < 4.78 is 23.5. The molecule has 1 fully saturated rings. The predicted molar refractivity (Wildman–Crippen MR) is 47.3 cm³/mol. The van der Waals surface area contributed by atoms with Gasteiger partial charge in [-0.3, -0.25) is 0 Å². The number of rotatable bonds is 3. The molecule has 0 unspecified atom stereocenters. The van der Waals surface area contributed by atoms with Crippen LogP contribution in [0.3, 0.4) is 0 Å². The minimum absolute atomic E-state index is 0.170. The number of hydrogen-bond donors (Lipinski definition) is 1. The Kier molecular flexibility index (Phi) is 1.88. The van der Waals surface area contributed by atoms with Crippen molar-refractivity contribution in [2.75, 3.05) is 0 Å². The third-order valence-electron chi connectivity index (χ3n) is 2.02. The maximum atomic E-state index is 10.8. The molecule has 0 aromatic carbocycles. The van der Waals surface area contributed by atoms with E-state index < -0.39 is 10.0 Å². The number of imidazole rings is 1. The summed E-state index contributed by atoms with van der Waals surface area (Å²) in [4.78, 5) is 3.97. The Hall–Kier alpha value is -0.880. The van der Waals surface area contributed by atoms with Gasteiger partial charge in [0.05, 0.1) is 0 Å². The Morgan fingerprint density at radius 2 is 2.31 bits per heavy atom. The molecular weight excluding hydrogens is 190 g/mol. The molecule has 0 atom stereocenters. The molecule has 1 aromatic rings. The molecule has 1 aliphatic rings. The highest BCUT2D eigenvalue weighted by molar-refractivity contribution is 7.88. The molecule has 2 rings (SSSR count). The SMILES string of the molecule is NS(=O)(=O)Cc1nccn1C1CC1. The smallest absolute Gasteiger partial charge is 0.216 e. The van der Waals surface area contributed by atoms with Crippen molar-refractivity contribution >= 4 is 10.0 Å². The lowest BCUT2D eigenvalue weighted by molar-refractivity contribution is 0.592. The lowest BCUT2D eigenvalue weighted by Crippen LogP contribution is -2.17. The predicted octanol–water partition coefficient (Wildman–Crippen LogP) is 0.00650. The molecule has 6 heteroatoms. The van der Waals surface area contributed by atoms with Crippen LogP contribution in [-0.4, -0.2) is 18.0 Å². The van der Waals surface area contributed by atoms with Crippen LogP contribution in [0.2, 0.25) is 0 Å². The molecule has 0 amide bonds. The largest absolute Gasteiger partial charge is 0.331 e. The zero-order chi connectivity index (χ0) is 9.47. The molecule has 5 nitrogen and oxygen atoms in total. The van der Waals surface area contributed by atoms with Gasteiger partial charge in [0.1, 0.15) is 11.6 Å². The number of primary sulfonamides is 1. The second kappa shape index (κ2) is 2.81. The Bertz CT molecular complexity index is 405. The second-order valence-corrected chi connectivity index (χ2v) is 4.90. The fourth-order valence-electron chi connectivity index (χ4n) is 1.32. The van der Waals surface area contributed by atoms with Crippen molar-refractivity contribution in [1.29, 1.82) is 0 Å². The zero-order valence-corrected chi connectivity index (χ0v) is 7.87. The van der Waals surface area contributed by atoms with Crippen LogP contribution in [0.25, 0.3) is 0 Å². The van der Waals surface area contributed by atoms with Crippen molar-refractivity contribution in [3.05, 3.63) is 18.2 Å². The van der Waals surface area contributed by atoms with Gasteiger partial charge in [0, 0.05) is 18.4 Å². The van der Waals surface area contributed by atoms with Gasteiger partial charge in [-0.05, 0) is 12.8 Å². The van der Waals surface area contributed by atoms with Crippen LogP contribution < -0.4 is 5.14 Å². The normalized spacial score (nSPS) is 17.6. The fraction of sp³-hybridized carbons (Fsp3) is 0.571. The maximum absolute atomic E-state index is 10.8. The Morgan fingerprint density at radius 1 is 1.62 bits per heavy atom. The summed E-state index contributed by atoms with van der Waals surface area (Å²) in [6.45, 7) is 0. The number of aromatic nitrogens is 2. The van der Waals surface area contributed by atoms with E-state index >= 15 is 0 Å². The van der Waals surface area contributed by atoms with Crippen molar-refractivity contribution < 1.29 is 8.42 Å². The average molecular weight is 201 g/mol. The summed E-state index contributed by atoms with van der Waals surface area (Å²) in [5, 5.41) is 4.94. The third-order valence-corrected chi connectivity index (χ3v) is 2.68. The van der Waals surface area contributed by atoms with E-state index in [-0.39, 0.29) is 5.75 Å². The fourth-order valence-corrected chi connectivity index (χ4v) is 1.90. The van der Waals surface area contributed by atoms with Crippen LogP contribution in [-0.2, 0) is 15.8 Å². The molecule has 13 heavy (non-hydrogen) atoms. The molecule has 0 spiro atoms. The molecule has 72 valence electrons. The molecule has 1 saturated carbocycles. The van der Waals surface area contributed by atoms with E-state index in [1.807, 2.05) is 4.57 Å². The van der Waals surface area contributed by atoms with Crippen LogP contribution in [0.4, 0.5) is 0 Å². The lowest BCUT2D eigenvalue weighted by atomic mass is 10.6. The molecule has 1 heterocycles. The van der Waals surface area contributed by atoms with E-state index in [4.69, 9.17) is 5.14 Å². The first-order valence-corrected chi connectivity index (χ1v) is 5.80. The van der Waals surface area contributed by atoms with E-state index in [9.17, 15) is 8.42 Å². The minimum Gasteiger partial charge on any atom is -0.331 e. The van der Waals surface area contributed by atoms with E-state index in [2.05, 4.69) is 4.98 Å². The first kappa shape index (κ1) is 8.71. The third kappa shape index (κ3) is 2.07. The van der Waals surface area contributed by atoms with Gasteiger partial charge < -0.3 is 4.57 Å². The van der Waals surface area contributed by atoms with Gasteiger partial charge in [-0.15, -0.1) is 0 Å². The number of hydrogen-bond acceptors (Lipinski definition) is 3. The molecule has 2 N–H and O–H groups in total. The van der Waals surface area contributed by atoms with Gasteiger partial charge in [-0.2, -0.15) is 0 Å². The van der Waals surface area contributed by atoms with Crippen molar-refractivity contribution in [3.63, 3.8) is 0 Å². The van der Waals surface area contributed by atoms with Gasteiger partial charge in [0.15, 0.2) is 0 Å². The molecule has 0 saturated heterocycles.